The minimum atomic E-state index is -2.88. The summed E-state index contributed by atoms with van der Waals surface area (Å²) >= 11 is 0. The number of imidazole rings is 1. The predicted molar refractivity (Wildman–Crippen MR) is 82.7 cm³/mol. The van der Waals surface area contributed by atoms with Crippen LogP contribution in [0, 0.1) is 0 Å². The topological polar surface area (TPSA) is 85.8 Å². The van der Waals surface area contributed by atoms with Crippen molar-refractivity contribution in [3.05, 3.63) is 54.4 Å². The zero-order chi connectivity index (χ0) is 17.4. The number of aromatic nitrogens is 4. The minimum Gasteiger partial charge on any atom is -0.435 e. The van der Waals surface area contributed by atoms with Crippen molar-refractivity contribution in [2.45, 2.75) is 25.2 Å². The second-order valence-electron chi connectivity index (χ2n) is 5.67. The number of amides is 1. The van der Waals surface area contributed by atoms with Gasteiger partial charge in [-0.1, -0.05) is 0 Å². The Bertz CT molecular complexity index is 886. The van der Waals surface area contributed by atoms with E-state index >= 15 is 0 Å². The van der Waals surface area contributed by atoms with Crippen LogP contribution in [-0.4, -0.2) is 25.4 Å². The Morgan fingerprint density at radius 2 is 2.20 bits per heavy atom. The first-order valence-corrected chi connectivity index (χ1v) is 7.66. The highest BCUT2D eigenvalue weighted by atomic mass is 19.3. The van der Waals surface area contributed by atoms with Gasteiger partial charge >= 0.3 is 0 Å². The molecule has 4 rings (SSSR count). The fourth-order valence-electron chi connectivity index (χ4n) is 2.36. The second kappa shape index (κ2) is 6.08. The molecular weight excluding hydrogens is 332 g/mol. The first-order valence-electron chi connectivity index (χ1n) is 7.66. The van der Waals surface area contributed by atoms with E-state index in [1.807, 2.05) is 0 Å². The molecule has 7 nitrogen and oxygen atoms in total. The number of alkyl halides is 2. The van der Waals surface area contributed by atoms with Crippen LogP contribution in [0.4, 0.5) is 14.5 Å². The van der Waals surface area contributed by atoms with E-state index in [0.29, 0.717) is 11.5 Å². The Labute approximate surface area is 140 Å². The molecule has 0 atom stereocenters. The summed E-state index contributed by atoms with van der Waals surface area (Å²) in [6.07, 6.45) is 5.15. The van der Waals surface area contributed by atoms with E-state index < -0.39 is 23.8 Å². The predicted octanol–water partition coefficient (Wildman–Crippen LogP) is 3.32. The zero-order valence-electron chi connectivity index (χ0n) is 12.9. The molecule has 1 aliphatic rings. The van der Waals surface area contributed by atoms with Crippen LogP contribution in [-0.2, 0) is 0 Å². The highest BCUT2D eigenvalue weighted by Crippen LogP contribution is 2.41. The lowest BCUT2D eigenvalue weighted by atomic mass is 10.3. The van der Waals surface area contributed by atoms with Crippen molar-refractivity contribution in [2.75, 3.05) is 5.32 Å². The van der Waals surface area contributed by atoms with Gasteiger partial charge in [0.25, 0.3) is 12.3 Å². The lowest BCUT2D eigenvalue weighted by molar-refractivity contribution is 0.0975. The molecule has 0 spiro atoms. The SMILES string of the molecule is O=C(Nc1ccc(-n2ccnc2)nc1)c1oc(C2CC2)nc1C(F)F. The number of carbonyl (C=O) groups excluding carboxylic acids is 1. The number of hydrogen-bond acceptors (Lipinski definition) is 5. The zero-order valence-corrected chi connectivity index (χ0v) is 12.9. The van der Waals surface area contributed by atoms with Crippen LogP contribution in [0.1, 0.15) is 47.3 Å². The van der Waals surface area contributed by atoms with E-state index in [1.54, 1.807) is 35.4 Å². The van der Waals surface area contributed by atoms with Gasteiger partial charge in [0.1, 0.15) is 12.1 Å². The molecule has 3 heterocycles. The summed E-state index contributed by atoms with van der Waals surface area (Å²) in [6, 6.07) is 3.28. The van der Waals surface area contributed by atoms with Crippen LogP contribution >= 0.6 is 0 Å². The van der Waals surface area contributed by atoms with Crippen molar-refractivity contribution < 1.29 is 18.0 Å². The fraction of sp³-hybridized carbons (Fsp3) is 0.250. The van der Waals surface area contributed by atoms with Crippen LogP contribution in [0.3, 0.4) is 0 Å². The maximum atomic E-state index is 13.1. The Balaban J connectivity index is 1.53. The number of halogens is 2. The van der Waals surface area contributed by atoms with Crippen LogP contribution in [0.25, 0.3) is 5.82 Å². The van der Waals surface area contributed by atoms with Crippen molar-refractivity contribution in [1.82, 2.24) is 19.5 Å². The van der Waals surface area contributed by atoms with E-state index in [2.05, 4.69) is 20.3 Å². The number of nitrogens with zero attached hydrogens (tertiary/aromatic N) is 4. The van der Waals surface area contributed by atoms with Crippen LogP contribution in [0.2, 0.25) is 0 Å². The molecule has 128 valence electrons. The number of carbonyl (C=O) groups is 1. The van der Waals surface area contributed by atoms with Gasteiger partial charge in [-0.05, 0) is 25.0 Å². The first-order chi connectivity index (χ1) is 12.1. The molecule has 3 aromatic heterocycles. The molecule has 9 heteroatoms. The van der Waals surface area contributed by atoms with Gasteiger partial charge in [0.2, 0.25) is 5.76 Å². The Kier molecular flexibility index (Phi) is 3.75. The molecular formula is C16H13F2N5O2. The average Bonchev–Trinajstić information content (AvgIpc) is 3.13. The average molecular weight is 345 g/mol. The molecule has 1 fully saturated rings. The molecule has 3 aromatic rings. The normalized spacial score (nSPS) is 14.0. The summed E-state index contributed by atoms with van der Waals surface area (Å²) in [5.41, 5.74) is -0.263. The fourth-order valence-corrected chi connectivity index (χ4v) is 2.36. The molecule has 0 aliphatic heterocycles. The second-order valence-corrected chi connectivity index (χ2v) is 5.67. The molecule has 0 unspecified atom stereocenters. The van der Waals surface area contributed by atoms with E-state index in [4.69, 9.17) is 4.42 Å². The van der Waals surface area contributed by atoms with Gasteiger partial charge in [0.05, 0.1) is 11.9 Å². The maximum absolute atomic E-state index is 13.1. The highest BCUT2D eigenvalue weighted by molar-refractivity contribution is 6.03. The summed E-state index contributed by atoms with van der Waals surface area (Å²) in [5, 5.41) is 2.51. The molecule has 0 aromatic carbocycles. The molecule has 1 saturated carbocycles. The Morgan fingerprint density at radius 3 is 2.80 bits per heavy atom. The molecule has 1 amide bonds. The van der Waals surface area contributed by atoms with Crippen molar-refractivity contribution in [3.63, 3.8) is 0 Å². The number of hydrogen-bond donors (Lipinski definition) is 1. The lowest BCUT2D eigenvalue weighted by Crippen LogP contribution is -2.13. The van der Waals surface area contributed by atoms with E-state index in [9.17, 15) is 13.6 Å². The van der Waals surface area contributed by atoms with Gasteiger partial charge in [0.15, 0.2) is 11.6 Å². The van der Waals surface area contributed by atoms with Crippen molar-refractivity contribution in [2.24, 2.45) is 0 Å². The molecule has 1 N–H and O–H groups in total. The van der Waals surface area contributed by atoms with Crippen molar-refractivity contribution >= 4 is 11.6 Å². The number of nitrogens with one attached hydrogen (secondary N) is 1. The molecule has 0 radical (unpaired) electrons. The van der Waals surface area contributed by atoms with E-state index in [0.717, 1.165) is 12.8 Å². The molecule has 0 bridgehead atoms. The number of oxazole rings is 1. The van der Waals surface area contributed by atoms with Gasteiger partial charge in [-0.15, -0.1) is 0 Å². The van der Waals surface area contributed by atoms with Crippen LogP contribution in [0.15, 0.2) is 41.5 Å². The summed E-state index contributed by atoms with van der Waals surface area (Å²) in [7, 11) is 0. The van der Waals surface area contributed by atoms with Crippen molar-refractivity contribution in [3.8, 4) is 5.82 Å². The van der Waals surface area contributed by atoms with E-state index in [-0.39, 0.29) is 11.8 Å². The number of anilines is 1. The monoisotopic (exact) mass is 345 g/mol. The highest BCUT2D eigenvalue weighted by Gasteiger charge is 2.34. The third-order valence-corrected chi connectivity index (χ3v) is 3.78. The first kappa shape index (κ1) is 15.4. The molecule has 0 saturated heterocycles. The quantitative estimate of drug-likeness (QED) is 0.767. The van der Waals surface area contributed by atoms with Gasteiger partial charge in [0, 0.05) is 18.3 Å². The van der Waals surface area contributed by atoms with Crippen molar-refractivity contribution in [1.29, 1.82) is 0 Å². The summed E-state index contributed by atoms with van der Waals surface area (Å²) in [4.78, 5) is 24.2. The summed E-state index contributed by atoms with van der Waals surface area (Å²) in [6.45, 7) is 0. The standard InChI is InChI=1S/C16H13F2N5O2/c17-14(18)12-13(25-16(22-12)9-1-2-9)15(24)21-10-3-4-11(20-7-10)23-6-5-19-8-23/h3-9,14H,1-2H2,(H,21,24). The van der Waals surface area contributed by atoms with E-state index in [1.165, 1.54) is 6.20 Å². The van der Waals surface area contributed by atoms with Crippen LogP contribution < -0.4 is 5.32 Å². The van der Waals surface area contributed by atoms with Gasteiger partial charge in [-0.3, -0.25) is 9.36 Å². The smallest absolute Gasteiger partial charge is 0.293 e. The van der Waals surface area contributed by atoms with Gasteiger partial charge in [-0.25, -0.2) is 23.7 Å². The third-order valence-electron chi connectivity index (χ3n) is 3.78. The van der Waals surface area contributed by atoms with Gasteiger partial charge in [-0.2, -0.15) is 0 Å². The summed E-state index contributed by atoms with van der Waals surface area (Å²) in [5.74, 6) is -0.369. The largest absolute Gasteiger partial charge is 0.435 e. The lowest BCUT2D eigenvalue weighted by Gasteiger charge is -2.05. The number of rotatable bonds is 5. The molecule has 1 aliphatic carbocycles. The van der Waals surface area contributed by atoms with Crippen LogP contribution in [0.5, 0.6) is 0 Å². The maximum Gasteiger partial charge on any atom is 0.293 e. The Morgan fingerprint density at radius 1 is 1.36 bits per heavy atom. The summed E-state index contributed by atoms with van der Waals surface area (Å²) < 4.78 is 33.2. The number of pyridine rings is 1. The Hall–Kier alpha value is -3.10. The minimum absolute atomic E-state index is 0.0372. The van der Waals surface area contributed by atoms with Gasteiger partial charge < -0.3 is 9.73 Å². The molecule has 25 heavy (non-hydrogen) atoms. The third kappa shape index (κ3) is 3.12.